The molecular weight excluding hydrogens is 329 g/mol. The zero-order chi connectivity index (χ0) is 15.3. The average molecular weight is 356 g/mol. The number of hydrogen-bond donors (Lipinski definition) is 1. The summed E-state index contributed by atoms with van der Waals surface area (Å²) in [5.41, 5.74) is 1.09. The smallest absolute Gasteiger partial charge is 0.126 e. The zero-order valence-corrected chi connectivity index (χ0v) is 14.8. The van der Waals surface area contributed by atoms with Crippen LogP contribution in [0.3, 0.4) is 0 Å². The Hall–Kier alpha value is -0.410. The molecule has 0 heterocycles. The van der Waals surface area contributed by atoms with Crippen LogP contribution in [0.5, 0.6) is 0 Å². The quantitative estimate of drug-likeness (QED) is 0.727. The van der Waals surface area contributed by atoms with E-state index in [1.165, 1.54) is 32.1 Å². The van der Waals surface area contributed by atoms with E-state index < -0.39 is 0 Å². The minimum Gasteiger partial charge on any atom is -0.316 e. The molecule has 0 amide bonds. The van der Waals surface area contributed by atoms with Crippen LogP contribution in [-0.4, -0.2) is 13.1 Å². The highest BCUT2D eigenvalue weighted by atomic mass is 79.9. The lowest BCUT2D eigenvalue weighted by Crippen LogP contribution is -2.39. The molecule has 1 fully saturated rings. The Morgan fingerprint density at radius 3 is 2.62 bits per heavy atom. The van der Waals surface area contributed by atoms with E-state index >= 15 is 0 Å². The molecule has 1 saturated carbocycles. The van der Waals surface area contributed by atoms with Crippen molar-refractivity contribution in [3.05, 3.63) is 34.1 Å². The maximum atomic E-state index is 14.1. The minimum atomic E-state index is -0.0630. The predicted octanol–water partition coefficient (Wildman–Crippen LogP) is 5.33. The Morgan fingerprint density at radius 1 is 1.24 bits per heavy atom. The Bertz CT molecular complexity index is 453. The predicted molar refractivity (Wildman–Crippen MR) is 91.0 cm³/mol. The van der Waals surface area contributed by atoms with E-state index in [1.54, 1.807) is 12.1 Å². The normalized spacial score (nSPS) is 18.1. The first-order valence-electron chi connectivity index (χ1n) is 8.15. The van der Waals surface area contributed by atoms with Crippen molar-refractivity contribution in [2.45, 2.75) is 52.4 Å². The lowest BCUT2D eigenvalue weighted by molar-refractivity contribution is 0.177. The van der Waals surface area contributed by atoms with Crippen LogP contribution in [0, 0.1) is 17.2 Å². The summed E-state index contributed by atoms with van der Waals surface area (Å²) >= 11 is 3.47. The van der Waals surface area contributed by atoms with Crippen LogP contribution in [0.4, 0.5) is 4.39 Å². The fraction of sp³-hybridized carbons (Fsp3) is 0.667. The molecule has 1 aromatic rings. The lowest BCUT2D eigenvalue weighted by atomic mass is 9.70. The van der Waals surface area contributed by atoms with E-state index in [0.29, 0.717) is 5.92 Å². The number of nitrogens with one attached hydrogen (secondary N) is 1. The van der Waals surface area contributed by atoms with Gasteiger partial charge in [-0.1, -0.05) is 49.0 Å². The van der Waals surface area contributed by atoms with Crippen molar-refractivity contribution in [2.75, 3.05) is 13.1 Å². The molecule has 1 aromatic carbocycles. The highest BCUT2D eigenvalue weighted by molar-refractivity contribution is 9.10. The molecule has 1 nitrogen and oxygen atoms in total. The van der Waals surface area contributed by atoms with Crippen molar-refractivity contribution in [2.24, 2.45) is 11.3 Å². The van der Waals surface area contributed by atoms with Crippen LogP contribution in [0.25, 0.3) is 0 Å². The number of hydrogen-bond acceptors (Lipinski definition) is 1. The van der Waals surface area contributed by atoms with Crippen LogP contribution in [0.1, 0.15) is 51.5 Å². The molecule has 2 rings (SSSR count). The van der Waals surface area contributed by atoms with Crippen molar-refractivity contribution >= 4 is 15.9 Å². The second-order valence-corrected chi connectivity index (χ2v) is 7.91. The molecule has 118 valence electrons. The molecule has 21 heavy (non-hydrogen) atoms. The van der Waals surface area contributed by atoms with Gasteiger partial charge in [-0.2, -0.15) is 0 Å². The van der Waals surface area contributed by atoms with E-state index in [1.807, 2.05) is 6.07 Å². The summed E-state index contributed by atoms with van der Waals surface area (Å²) in [5, 5.41) is 3.62. The van der Waals surface area contributed by atoms with Crippen molar-refractivity contribution in [3.63, 3.8) is 0 Å². The van der Waals surface area contributed by atoms with Gasteiger partial charge in [-0.25, -0.2) is 4.39 Å². The molecule has 0 radical (unpaired) electrons. The molecule has 0 spiro atoms. The van der Waals surface area contributed by atoms with Gasteiger partial charge in [-0.15, -0.1) is 0 Å². The van der Waals surface area contributed by atoms with Gasteiger partial charge in [0, 0.05) is 11.0 Å². The minimum absolute atomic E-state index is 0.0630. The second-order valence-electron chi connectivity index (χ2n) is 7.00. The van der Waals surface area contributed by atoms with Gasteiger partial charge in [0.1, 0.15) is 5.82 Å². The Morgan fingerprint density at radius 2 is 1.95 bits per heavy atom. The fourth-order valence-corrected chi connectivity index (χ4v) is 3.84. The molecular formula is C18H27BrFN. The van der Waals surface area contributed by atoms with Crippen molar-refractivity contribution < 1.29 is 4.39 Å². The molecule has 0 bridgehead atoms. The monoisotopic (exact) mass is 355 g/mol. The number of benzene rings is 1. The van der Waals surface area contributed by atoms with Crippen molar-refractivity contribution in [1.29, 1.82) is 0 Å². The average Bonchev–Trinajstić information content (AvgIpc) is 2.43. The highest BCUT2D eigenvalue weighted by Crippen LogP contribution is 2.39. The topological polar surface area (TPSA) is 12.0 Å². The van der Waals surface area contributed by atoms with E-state index in [0.717, 1.165) is 29.5 Å². The van der Waals surface area contributed by atoms with Crippen LogP contribution >= 0.6 is 15.9 Å². The summed E-state index contributed by atoms with van der Waals surface area (Å²) in [6, 6.07) is 5.31. The van der Waals surface area contributed by atoms with Gasteiger partial charge < -0.3 is 5.32 Å². The third kappa shape index (κ3) is 5.07. The molecule has 1 aliphatic rings. The maximum Gasteiger partial charge on any atom is 0.126 e. The van der Waals surface area contributed by atoms with Crippen molar-refractivity contribution in [3.8, 4) is 0 Å². The summed E-state index contributed by atoms with van der Waals surface area (Å²) in [5.74, 6) is 0.597. The molecule has 0 unspecified atom stereocenters. The second kappa shape index (κ2) is 7.73. The van der Waals surface area contributed by atoms with E-state index in [9.17, 15) is 4.39 Å². The molecule has 0 aromatic heterocycles. The Labute approximate surface area is 136 Å². The largest absolute Gasteiger partial charge is 0.316 e. The first-order chi connectivity index (χ1) is 10.0. The molecule has 3 heteroatoms. The van der Waals surface area contributed by atoms with Gasteiger partial charge in [0.25, 0.3) is 0 Å². The maximum absolute atomic E-state index is 14.1. The Balaban J connectivity index is 2.09. The SMILES string of the molecule is CC(C)CNCC1(Cc2cc(Br)ccc2F)CCCCC1. The summed E-state index contributed by atoms with van der Waals surface area (Å²) in [6.07, 6.45) is 7.16. The van der Waals surface area contributed by atoms with Gasteiger partial charge >= 0.3 is 0 Å². The van der Waals surface area contributed by atoms with E-state index in [2.05, 4.69) is 35.1 Å². The number of halogens is 2. The van der Waals surface area contributed by atoms with Gasteiger partial charge in [-0.05, 0) is 60.9 Å². The number of rotatable bonds is 6. The molecule has 1 N–H and O–H groups in total. The molecule has 0 aliphatic heterocycles. The fourth-order valence-electron chi connectivity index (χ4n) is 3.43. The van der Waals surface area contributed by atoms with Crippen LogP contribution < -0.4 is 5.32 Å². The van der Waals surface area contributed by atoms with Crippen LogP contribution in [0.15, 0.2) is 22.7 Å². The molecule has 1 aliphatic carbocycles. The van der Waals surface area contributed by atoms with Gasteiger partial charge in [0.15, 0.2) is 0 Å². The molecule has 0 saturated heterocycles. The lowest BCUT2D eigenvalue weighted by Gasteiger charge is -2.38. The first-order valence-corrected chi connectivity index (χ1v) is 8.95. The third-order valence-electron chi connectivity index (χ3n) is 4.54. The van der Waals surface area contributed by atoms with E-state index in [-0.39, 0.29) is 11.2 Å². The highest BCUT2D eigenvalue weighted by Gasteiger charge is 2.32. The van der Waals surface area contributed by atoms with Crippen LogP contribution in [0.2, 0.25) is 0 Å². The third-order valence-corrected chi connectivity index (χ3v) is 5.03. The zero-order valence-electron chi connectivity index (χ0n) is 13.2. The first kappa shape index (κ1) is 17.0. The summed E-state index contributed by atoms with van der Waals surface area (Å²) in [7, 11) is 0. The standard InChI is InChI=1S/C18H27BrFN/c1-14(2)12-21-13-18(8-4-3-5-9-18)11-15-10-16(19)6-7-17(15)20/h6-7,10,14,21H,3-5,8-9,11-13H2,1-2H3. The van der Waals surface area contributed by atoms with Gasteiger partial charge in [0.05, 0.1) is 0 Å². The van der Waals surface area contributed by atoms with Gasteiger partial charge in [-0.3, -0.25) is 0 Å². The summed E-state index contributed by atoms with van der Waals surface area (Å²) in [4.78, 5) is 0. The van der Waals surface area contributed by atoms with Crippen LogP contribution in [-0.2, 0) is 6.42 Å². The molecule has 0 atom stereocenters. The van der Waals surface area contributed by atoms with Crippen molar-refractivity contribution in [1.82, 2.24) is 5.32 Å². The Kier molecular flexibility index (Phi) is 6.24. The summed E-state index contributed by atoms with van der Waals surface area (Å²) < 4.78 is 15.1. The summed E-state index contributed by atoms with van der Waals surface area (Å²) in [6.45, 7) is 6.52. The van der Waals surface area contributed by atoms with Gasteiger partial charge in [0.2, 0.25) is 0 Å². The van der Waals surface area contributed by atoms with E-state index in [4.69, 9.17) is 0 Å².